The lowest BCUT2D eigenvalue weighted by Gasteiger charge is -2.10. The third kappa shape index (κ3) is 4.43. The van der Waals surface area contributed by atoms with Crippen molar-refractivity contribution in [2.75, 3.05) is 10.6 Å². The molecule has 3 rings (SSSR count). The van der Waals surface area contributed by atoms with Crippen LogP contribution in [0.25, 0.3) is 0 Å². The molecule has 3 aromatic carbocycles. The van der Waals surface area contributed by atoms with Crippen LogP contribution in [0.5, 0.6) is 0 Å². The Kier molecular flexibility index (Phi) is 5.83. The number of anilines is 2. The maximum absolute atomic E-state index is 12.5. The van der Waals surface area contributed by atoms with Gasteiger partial charge < -0.3 is 10.6 Å². The third-order valence-corrected chi connectivity index (χ3v) is 4.31. The van der Waals surface area contributed by atoms with E-state index < -0.39 is 0 Å². The molecule has 2 N–H and O–H groups in total. The Balaban J connectivity index is 1.69. The van der Waals surface area contributed by atoms with E-state index in [0.717, 1.165) is 17.7 Å². The average Bonchev–Trinajstić information content (AvgIpc) is 2.74. The van der Waals surface area contributed by atoms with E-state index in [1.165, 1.54) is 0 Å². The first kappa shape index (κ1) is 18.9. The van der Waals surface area contributed by atoms with Crippen molar-refractivity contribution in [3.63, 3.8) is 0 Å². The molecule has 0 heterocycles. The molecule has 5 heteroatoms. The van der Waals surface area contributed by atoms with Gasteiger partial charge in [-0.2, -0.15) is 5.26 Å². The first-order valence-electron chi connectivity index (χ1n) is 8.91. The lowest BCUT2D eigenvalue weighted by atomic mass is 10.1. The van der Waals surface area contributed by atoms with Crippen molar-refractivity contribution in [2.45, 2.75) is 13.3 Å². The molecule has 0 unspecified atom stereocenters. The van der Waals surface area contributed by atoms with E-state index in [1.54, 1.807) is 48.5 Å². The predicted molar refractivity (Wildman–Crippen MR) is 109 cm³/mol. The number of benzene rings is 3. The summed E-state index contributed by atoms with van der Waals surface area (Å²) in [5.41, 5.74) is 3.75. The SMILES string of the molecule is CCc1ccccc1NC(=O)c1ccc(C(=O)Nc2cccc(C#N)c2)cc1. The maximum atomic E-state index is 12.5. The second kappa shape index (κ2) is 8.65. The van der Waals surface area contributed by atoms with E-state index in [2.05, 4.69) is 10.6 Å². The third-order valence-electron chi connectivity index (χ3n) is 4.31. The fraction of sp³-hybridized carbons (Fsp3) is 0.0870. The molecule has 0 spiro atoms. The van der Waals surface area contributed by atoms with E-state index in [4.69, 9.17) is 5.26 Å². The molecular weight excluding hydrogens is 350 g/mol. The van der Waals surface area contributed by atoms with Gasteiger partial charge in [0.25, 0.3) is 11.8 Å². The van der Waals surface area contributed by atoms with E-state index in [0.29, 0.717) is 22.4 Å². The van der Waals surface area contributed by atoms with Crippen molar-refractivity contribution in [3.8, 4) is 6.07 Å². The summed E-state index contributed by atoms with van der Waals surface area (Å²) in [7, 11) is 0. The highest BCUT2D eigenvalue weighted by Gasteiger charge is 2.11. The van der Waals surface area contributed by atoms with Gasteiger partial charge in [0.15, 0.2) is 0 Å². The van der Waals surface area contributed by atoms with E-state index in [-0.39, 0.29) is 11.8 Å². The van der Waals surface area contributed by atoms with Gasteiger partial charge >= 0.3 is 0 Å². The Labute approximate surface area is 163 Å². The number of hydrogen-bond donors (Lipinski definition) is 2. The van der Waals surface area contributed by atoms with Crippen molar-refractivity contribution in [1.82, 2.24) is 0 Å². The normalized spacial score (nSPS) is 10.0. The number of rotatable bonds is 5. The molecule has 0 aliphatic heterocycles. The van der Waals surface area contributed by atoms with E-state index in [9.17, 15) is 9.59 Å². The number of carbonyl (C=O) groups is 2. The van der Waals surface area contributed by atoms with Crippen LogP contribution in [0.4, 0.5) is 11.4 Å². The van der Waals surface area contributed by atoms with Crippen LogP contribution in [0.1, 0.15) is 38.8 Å². The molecule has 28 heavy (non-hydrogen) atoms. The predicted octanol–water partition coefficient (Wildman–Crippen LogP) is 4.63. The lowest BCUT2D eigenvalue weighted by Crippen LogP contribution is -2.15. The van der Waals surface area contributed by atoms with Crippen LogP contribution >= 0.6 is 0 Å². The summed E-state index contributed by atoms with van der Waals surface area (Å²) in [5.74, 6) is -0.534. The lowest BCUT2D eigenvalue weighted by molar-refractivity contribution is 0.101. The Bertz CT molecular complexity index is 1050. The van der Waals surface area contributed by atoms with Crippen molar-refractivity contribution in [2.24, 2.45) is 0 Å². The fourth-order valence-corrected chi connectivity index (χ4v) is 2.79. The molecule has 0 aliphatic rings. The zero-order chi connectivity index (χ0) is 19.9. The molecule has 0 radical (unpaired) electrons. The van der Waals surface area contributed by atoms with Crippen LogP contribution in [0, 0.1) is 11.3 Å². The zero-order valence-corrected chi connectivity index (χ0v) is 15.4. The molecule has 0 aliphatic carbocycles. The number of aryl methyl sites for hydroxylation is 1. The number of nitriles is 1. The average molecular weight is 369 g/mol. The first-order chi connectivity index (χ1) is 13.6. The van der Waals surface area contributed by atoms with Crippen molar-refractivity contribution < 1.29 is 9.59 Å². The van der Waals surface area contributed by atoms with Crippen molar-refractivity contribution >= 4 is 23.2 Å². The molecule has 0 saturated heterocycles. The number of amides is 2. The molecule has 5 nitrogen and oxygen atoms in total. The summed E-state index contributed by atoms with van der Waals surface area (Å²) in [6, 6.07) is 22.8. The summed E-state index contributed by atoms with van der Waals surface area (Å²) in [4.78, 5) is 24.9. The molecular formula is C23H19N3O2. The van der Waals surface area contributed by atoms with Gasteiger partial charge in [-0.1, -0.05) is 31.2 Å². The standard InChI is InChI=1S/C23H19N3O2/c1-2-17-7-3-4-9-21(17)26-23(28)19-12-10-18(11-13-19)22(27)25-20-8-5-6-16(14-20)15-24/h3-14H,2H2,1H3,(H,25,27)(H,26,28). The summed E-state index contributed by atoms with van der Waals surface area (Å²) in [5, 5.41) is 14.6. The van der Waals surface area contributed by atoms with Crippen LogP contribution in [-0.2, 0) is 6.42 Å². The Morgan fingerprint density at radius 1 is 0.857 bits per heavy atom. The number of para-hydroxylation sites is 1. The molecule has 0 atom stereocenters. The van der Waals surface area contributed by atoms with E-state index >= 15 is 0 Å². The highest BCUT2D eigenvalue weighted by Crippen LogP contribution is 2.17. The van der Waals surface area contributed by atoms with Crippen molar-refractivity contribution in [1.29, 1.82) is 5.26 Å². The quantitative estimate of drug-likeness (QED) is 0.688. The Morgan fingerprint density at radius 3 is 2.14 bits per heavy atom. The van der Waals surface area contributed by atoms with Crippen LogP contribution in [0.15, 0.2) is 72.8 Å². The van der Waals surface area contributed by atoms with Crippen molar-refractivity contribution in [3.05, 3.63) is 95.1 Å². The van der Waals surface area contributed by atoms with Gasteiger partial charge in [0.2, 0.25) is 0 Å². The fourth-order valence-electron chi connectivity index (χ4n) is 2.79. The molecule has 0 bridgehead atoms. The minimum atomic E-state index is -0.307. The van der Waals surface area contributed by atoms with E-state index in [1.807, 2.05) is 37.3 Å². The van der Waals surface area contributed by atoms with Gasteiger partial charge in [0, 0.05) is 22.5 Å². The van der Waals surface area contributed by atoms with Crippen LogP contribution in [-0.4, -0.2) is 11.8 Å². The van der Waals surface area contributed by atoms with Gasteiger partial charge in [-0.25, -0.2) is 0 Å². The molecule has 0 aromatic heterocycles. The topological polar surface area (TPSA) is 82.0 Å². The number of hydrogen-bond acceptors (Lipinski definition) is 3. The second-order valence-corrected chi connectivity index (χ2v) is 6.19. The van der Waals surface area contributed by atoms with Gasteiger partial charge in [-0.3, -0.25) is 9.59 Å². The van der Waals surface area contributed by atoms with Crippen LogP contribution in [0.3, 0.4) is 0 Å². The summed E-state index contributed by atoms with van der Waals surface area (Å²) in [6.45, 7) is 2.03. The van der Waals surface area contributed by atoms with Gasteiger partial charge in [0.05, 0.1) is 11.6 Å². The highest BCUT2D eigenvalue weighted by atomic mass is 16.2. The molecule has 0 fully saturated rings. The minimum Gasteiger partial charge on any atom is -0.322 e. The number of carbonyl (C=O) groups excluding carboxylic acids is 2. The molecule has 2 amide bonds. The Morgan fingerprint density at radius 2 is 1.50 bits per heavy atom. The minimum absolute atomic E-state index is 0.227. The monoisotopic (exact) mass is 369 g/mol. The van der Waals surface area contributed by atoms with Gasteiger partial charge in [-0.15, -0.1) is 0 Å². The summed E-state index contributed by atoms with van der Waals surface area (Å²) < 4.78 is 0. The molecule has 3 aromatic rings. The molecule has 138 valence electrons. The maximum Gasteiger partial charge on any atom is 0.255 e. The molecule has 0 saturated carbocycles. The summed E-state index contributed by atoms with van der Waals surface area (Å²) >= 11 is 0. The van der Waals surface area contributed by atoms with Crippen LogP contribution in [0.2, 0.25) is 0 Å². The van der Waals surface area contributed by atoms with Crippen LogP contribution < -0.4 is 10.6 Å². The largest absolute Gasteiger partial charge is 0.322 e. The zero-order valence-electron chi connectivity index (χ0n) is 15.4. The smallest absolute Gasteiger partial charge is 0.255 e. The van der Waals surface area contributed by atoms with Gasteiger partial charge in [-0.05, 0) is 60.5 Å². The number of nitrogens with zero attached hydrogens (tertiary/aromatic N) is 1. The first-order valence-corrected chi connectivity index (χ1v) is 8.91. The highest BCUT2D eigenvalue weighted by molar-refractivity contribution is 6.07. The number of nitrogens with one attached hydrogen (secondary N) is 2. The second-order valence-electron chi connectivity index (χ2n) is 6.19. The van der Waals surface area contributed by atoms with Gasteiger partial charge in [0.1, 0.15) is 0 Å². The Hall–Kier alpha value is -3.91. The summed E-state index contributed by atoms with van der Waals surface area (Å²) in [6.07, 6.45) is 0.822.